The minimum Gasteiger partial charge on any atom is -0.496 e. The molecule has 1 aromatic rings. The summed E-state index contributed by atoms with van der Waals surface area (Å²) in [5.41, 5.74) is 2.31. The van der Waals surface area contributed by atoms with Crippen LogP contribution in [-0.4, -0.2) is 57.9 Å². The third kappa shape index (κ3) is 4.73. The van der Waals surface area contributed by atoms with Crippen LogP contribution in [0.25, 0.3) is 0 Å². The molecule has 7 heteroatoms. The Balaban J connectivity index is 0.00000243. The van der Waals surface area contributed by atoms with E-state index >= 15 is 0 Å². The van der Waals surface area contributed by atoms with Crippen molar-refractivity contribution >= 4 is 29.9 Å². The van der Waals surface area contributed by atoms with E-state index in [2.05, 4.69) is 34.3 Å². The van der Waals surface area contributed by atoms with Crippen molar-refractivity contribution in [2.45, 2.75) is 32.4 Å². The fourth-order valence-electron chi connectivity index (χ4n) is 3.71. The minimum absolute atomic E-state index is 0. The largest absolute Gasteiger partial charge is 0.496 e. The number of hydrogen-bond acceptors (Lipinski definition) is 4. The lowest BCUT2D eigenvalue weighted by molar-refractivity contribution is 0.157. The number of ether oxygens (including phenoxy) is 3. The number of fused-ring (bicyclic) bond motifs is 1. The summed E-state index contributed by atoms with van der Waals surface area (Å²) in [6, 6.07) is 4.19. The van der Waals surface area contributed by atoms with Gasteiger partial charge in [-0.2, -0.15) is 0 Å². The van der Waals surface area contributed by atoms with E-state index < -0.39 is 0 Å². The van der Waals surface area contributed by atoms with Crippen molar-refractivity contribution in [2.75, 3.05) is 41.0 Å². The molecule has 0 radical (unpaired) electrons. The molecule has 3 rings (SSSR count). The lowest BCUT2D eigenvalue weighted by Crippen LogP contribution is -2.39. The fraction of sp³-hybridized carbons (Fsp3) is 0.632. The average molecular weight is 475 g/mol. The Labute approximate surface area is 173 Å². The summed E-state index contributed by atoms with van der Waals surface area (Å²) in [6.07, 6.45) is 2.32. The summed E-state index contributed by atoms with van der Waals surface area (Å²) in [4.78, 5) is 6.73. The van der Waals surface area contributed by atoms with Gasteiger partial charge in [0.15, 0.2) is 5.96 Å². The molecule has 2 unspecified atom stereocenters. The topological polar surface area (TPSA) is 55.3 Å². The SMILES string of the molecule is CN=C(NCc1cc2c(cc1OC)CC(C)O2)N1CCC(COC)C1.I. The van der Waals surface area contributed by atoms with Crippen molar-refractivity contribution in [2.24, 2.45) is 10.9 Å². The normalized spacial score (nSPS) is 21.8. The zero-order chi connectivity index (χ0) is 17.8. The Morgan fingerprint density at radius 2 is 2.19 bits per heavy atom. The zero-order valence-electron chi connectivity index (χ0n) is 16.1. The maximum Gasteiger partial charge on any atom is 0.193 e. The van der Waals surface area contributed by atoms with Crippen molar-refractivity contribution < 1.29 is 14.2 Å². The molecule has 2 heterocycles. The third-order valence-electron chi connectivity index (χ3n) is 4.94. The minimum atomic E-state index is 0. The highest BCUT2D eigenvalue weighted by Gasteiger charge is 2.25. The van der Waals surface area contributed by atoms with Crippen LogP contribution in [0.15, 0.2) is 17.1 Å². The number of hydrogen-bond donors (Lipinski definition) is 1. The number of nitrogens with one attached hydrogen (secondary N) is 1. The highest BCUT2D eigenvalue weighted by molar-refractivity contribution is 14.0. The molecule has 0 aliphatic carbocycles. The summed E-state index contributed by atoms with van der Waals surface area (Å²) in [5.74, 6) is 3.38. The standard InChI is InChI=1S/C19H29N3O3.HI/c1-13-7-15-8-17(24-4)16(9-18(15)25-13)10-21-19(20-2)22-6-5-14(11-22)12-23-3;/h8-9,13-14H,5-7,10-12H2,1-4H3,(H,20,21);1H. The van der Waals surface area contributed by atoms with Gasteiger partial charge in [-0.15, -0.1) is 24.0 Å². The van der Waals surface area contributed by atoms with Gasteiger partial charge in [0.05, 0.1) is 13.7 Å². The molecule has 0 spiro atoms. The molecule has 26 heavy (non-hydrogen) atoms. The lowest BCUT2D eigenvalue weighted by atomic mass is 10.1. The Hall–Kier alpha value is -1.22. The molecule has 1 fully saturated rings. The molecule has 1 aromatic carbocycles. The van der Waals surface area contributed by atoms with Gasteiger partial charge in [-0.1, -0.05) is 0 Å². The second-order valence-electron chi connectivity index (χ2n) is 6.86. The molecule has 0 bridgehead atoms. The van der Waals surface area contributed by atoms with Crippen molar-refractivity contribution in [3.8, 4) is 11.5 Å². The first-order valence-corrected chi connectivity index (χ1v) is 8.95. The molecule has 0 aromatic heterocycles. The van der Waals surface area contributed by atoms with Crippen LogP contribution in [0, 0.1) is 5.92 Å². The van der Waals surface area contributed by atoms with Crippen LogP contribution < -0.4 is 14.8 Å². The van der Waals surface area contributed by atoms with Gasteiger partial charge in [-0.05, 0) is 25.5 Å². The third-order valence-corrected chi connectivity index (χ3v) is 4.94. The van der Waals surface area contributed by atoms with E-state index in [0.29, 0.717) is 12.5 Å². The highest BCUT2D eigenvalue weighted by Crippen LogP contribution is 2.35. The predicted octanol–water partition coefficient (Wildman–Crippen LogP) is 2.68. The molecule has 1 saturated heterocycles. The van der Waals surface area contributed by atoms with E-state index in [-0.39, 0.29) is 30.1 Å². The van der Waals surface area contributed by atoms with E-state index in [9.17, 15) is 0 Å². The van der Waals surface area contributed by atoms with Gasteiger partial charge in [-0.25, -0.2) is 0 Å². The molecular weight excluding hydrogens is 445 g/mol. The van der Waals surface area contributed by atoms with E-state index in [1.807, 2.05) is 7.05 Å². The van der Waals surface area contributed by atoms with Crippen LogP contribution in [0.5, 0.6) is 11.5 Å². The average Bonchev–Trinajstić information content (AvgIpc) is 3.20. The van der Waals surface area contributed by atoms with Crippen molar-refractivity contribution in [1.82, 2.24) is 10.2 Å². The van der Waals surface area contributed by atoms with Crippen LogP contribution >= 0.6 is 24.0 Å². The monoisotopic (exact) mass is 475 g/mol. The molecule has 2 aliphatic heterocycles. The molecule has 6 nitrogen and oxygen atoms in total. The summed E-state index contributed by atoms with van der Waals surface area (Å²) in [5, 5.41) is 3.47. The molecule has 1 N–H and O–H groups in total. The second-order valence-corrected chi connectivity index (χ2v) is 6.86. The van der Waals surface area contributed by atoms with E-state index in [1.54, 1.807) is 14.2 Å². The fourth-order valence-corrected chi connectivity index (χ4v) is 3.71. The lowest BCUT2D eigenvalue weighted by Gasteiger charge is -2.22. The van der Waals surface area contributed by atoms with Gasteiger partial charge in [0, 0.05) is 57.3 Å². The van der Waals surface area contributed by atoms with Crippen molar-refractivity contribution in [1.29, 1.82) is 0 Å². The Kier molecular flexibility index (Phi) is 7.82. The number of nitrogens with zero attached hydrogens (tertiary/aromatic N) is 2. The van der Waals surface area contributed by atoms with Crippen LogP contribution in [0.1, 0.15) is 24.5 Å². The Bertz CT molecular complexity index is 639. The molecule has 0 amide bonds. The summed E-state index contributed by atoms with van der Waals surface area (Å²) in [6.45, 7) is 5.55. The van der Waals surface area contributed by atoms with Crippen LogP contribution in [-0.2, 0) is 17.7 Å². The first kappa shape index (κ1) is 21.1. The maximum absolute atomic E-state index is 5.88. The van der Waals surface area contributed by atoms with E-state index in [4.69, 9.17) is 14.2 Å². The van der Waals surface area contributed by atoms with Gasteiger partial charge in [-0.3, -0.25) is 4.99 Å². The van der Waals surface area contributed by atoms with Gasteiger partial charge in [0.1, 0.15) is 17.6 Å². The van der Waals surface area contributed by atoms with E-state index in [0.717, 1.165) is 55.6 Å². The number of aliphatic imine (C=N–C) groups is 1. The molecule has 2 aliphatic rings. The van der Waals surface area contributed by atoms with Gasteiger partial charge < -0.3 is 24.4 Å². The number of methoxy groups -OCH3 is 2. The molecule has 0 saturated carbocycles. The molecule has 2 atom stereocenters. The van der Waals surface area contributed by atoms with Crippen molar-refractivity contribution in [3.05, 3.63) is 23.3 Å². The maximum atomic E-state index is 5.88. The second kappa shape index (κ2) is 9.64. The Morgan fingerprint density at radius 1 is 1.38 bits per heavy atom. The molecular formula is C19H30IN3O3. The van der Waals surface area contributed by atoms with Crippen LogP contribution in [0.2, 0.25) is 0 Å². The number of guanidine groups is 1. The van der Waals surface area contributed by atoms with Crippen molar-refractivity contribution in [3.63, 3.8) is 0 Å². The zero-order valence-corrected chi connectivity index (χ0v) is 18.4. The number of likely N-dealkylation sites (tertiary alicyclic amines) is 1. The van der Waals surface area contributed by atoms with Gasteiger partial charge >= 0.3 is 0 Å². The van der Waals surface area contributed by atoms with Crippen LogP contribution in [0.3, 0.4) is 0 Å². The first-order valence-electron chi connectivity index (χ1n) is 8.95. The van der Waals surface area contributed by atoms with Gasteiger partial charge in [0.25, 0.3) is 0 Å². The quantitative estimate of drug-likeness (QED) is 0.403. The number of rotatable bonds is 5. The predicted molar refractivity (Wildman–Crippen MR) is 114 cm³/mol. The summed E-state index contributed by atoms with van der Waals surface area (Å²) in [7, 11) is 5.31. The number of halogens is 1. The smallest absolute Gasteiger partial charge is 0.193 e. The van der Waals surface area contributed by atoms with Gasteiger partial charge in [0.2, 0.25) is 0 Å². The van der Waals surface area contributed by atoms with Crippen LogP contribution in [0.4, 0.5) is 0 Å². The Morgan fingerprint density at radius 3 is 2.88 bits per heavy atom. The highest BCUT2D eigenvalue weighted by atomic mass is 127. The number of benzene rings is 1. The summed E-state index contributed by atoms with van der Waals surface area (Å²) >= 11 is 0. The summed E-state index contributed by atoms with van der Waals surface area (Å²) < 4.78 is 16.7. The molecule has 146 valence electrons. The first-order chi connectivity index (χ1) is 12.1. The van der Waals surface area contributed by atoms with E-state index in [1.165, 1.54) is 5.56 Å².